The number of rotatable bonds is 2. The lowest BCUT2D eigenvalue weighted by Crippen LogP contribution is -2.25. The van der Waals surface area contributed by atoms with Crippen molar-refractivity contribution in [3.05, 3.63) is 48.7 Å². The van der Waals surface area contributed by atoms with E-state index in [1.165, 1.54) is 30.6 Å². The SMILES string of the molecule is O=C(Nc1ccc2c(c1)OC(F)(F)O2)c1nccn2ccnc12. The van der Waals surface area contributed by atoms with Crippen LogP contribution in [0.1, 0.15) is 10.5 Å². The first-order valence-corrected chi connectivity index (χ1v) is 6.51. The molecule has 3 heterocycles. The van der Waals surface area contributed by atoms with Gasteiger partial charge in [-0.3, -0.25) is 4.79 Å². The summed E-state index contributed by atoms with van der Waals surface area (Å²) < 4.78 is 36.2. The monoisotopic (exact) mass is 318 g/mol. The van der Waals surface area contributed by atoms with Gasteiger partial charge in [-0.25, -0.2) is 9.97 Å². The Morgan fingerprint density at radius 1 is 1.13 bits per heavy atom. The van der Waals surface area contributed by atoms with Crippen LogP contribution < -0.4 is 14.8 Å². The number of carbonyl (C=O) groups is 1. The standard InChI is InChI=1S/C14H8F2N4O3/c15-14(16)22-9-2-1-8(7-10(9)23-14)19-13(21)11-12-18-4-6-20(12)5-3-17-11/h1-7H,(H,19,21). The molecule has 0 saturated carbocycles. The molecule has 1 aromatic carbocycles. The number of halogens is 2. The number of benzene rings is 1. The first-order chi connectivity index (χ1) is 11.0. The van der Waals surface area contributed by atoms with E-state index in [2.05, 4.69) is 24.8 Å². The molecular formula is C14H8F2N4O3. The summed E-state index contributed by atoms with van der Waals surface area (Å²) >= 11 is 0. The zero-order chi connectivity index (χ0) is 16.0. The number of amides is 1. The van der Waals surface area contributed by atoms with Crippen molar-refractivity contribution in [1.29, 1.82) is 0 Å². The third kappa shape index (κ3) is 2.31. The Hall–Kier alpha value is -3.23. The summed E-state index contributed by atoms with van der Waals surface area (Å²) in [6, 6.07) is 3.96. The molecule has 1 aliphatic rings. The molecule has 9 heteroatoms. The molecule has 0 fully saturated rings. The minimum Gasteiger partial charge on any atom is -0.395 e. The number of hydrogen-bond donors (Lipinski definition) is 1. The van der Waals surface area contributed by atoms with Gasteiger partial charge < -0.3 is 19.2 Å². The first-order valence-electron chi connectivity index (χ1n) is 6.51. The maximum atomic E-state index is 13.0. The number of fused-ring (bicyclic) bond motifs is 2. The van der Waals surface area contributed by atoms with E-state index in [0.29, 0.717) is 5.65 Å². The van der Waals surface area contributed by atoms with Gasteiger partial charge in [0.05, 0.1) is 0 Å². The molecule has 0 bridgehead atoms. The van der Waals surface area contributed by atoms with Gasteiger partial charge in [-0.15, -0.1) is 8.78 Å². The van der Waals surface area contributed by atoms with Gasteiger partial charge in [0.15, 0.2) is 22.8 Å². The summed E-state index contributed by atoms with van der Waals surface area (Å²) in [5, 5.41) is 2.56. The smallest absolute Gasteiger partial charge is 0.395 e. The number of aromatic nitrogens is 3. The van der Waals surface area contributed by atoms with Gasteiger partial charge in [-0.05, 0) is 12.1 Å². The van der Waals surface area contributed by atoms with E-state index in [9.17, 15) is 13.6 Å². The number of alkyl halides is 2. The molecule has 0 aliphatic carbocycles. The second-order valence-corrected chi connectivity index (χ2v) is 4.72. The number of imidazole rings is 1. The molecule has 116 valence electrons. The van der Waals surface area contributed by atoms with Crippen LogP contribution in [-0.4, -0.2) is 26.6 Å². The minimum absolute atomic E-state index is 0.0958. The molecule has 1 aliphatic heterocycles. The van der Waals surface area contributed by atoms with E-state index in [0.717, 1.165) is 0 Å². The van der Waals surface area contributed by atoms with Gasteiger partial charge >= 0.3 is 6.29 Å². The number of hydrogen-bond acceptors (Lipinski definition) is 5. The van der Waals surface area contributed by atoms with Gasteiger partial charge in [0.25, 0.3) is 5.91 Å². The van der Waals surface area contributed by atoms with Gasteiger partial charge in [-0.2, -0.15) is 0 Å². The average molecular weight is 318 g/mol. The lowest BCUT2D eigenvalue weighted by molar-refractivity contribution is -0.286. The van der Waals surface area contributed by atoms with Crippen LogP contribution in [-0.2, 0) is 0 Å². The van der Waals surface area contributed by atoms with Crippen molar-refractivity contribution in [2.24, 2.45) is 0 Å². The van der Waals surface area contributed by atoms with Gasteiger partial charge in [0.2, 0.25) is 0 Å². The molecule has 3 aromatic rings. The van der Waals surface area contributed by atoms with E-state index in [-0.39, 0.29) is 22.9 Å². The van der Waals surface area contributed by atoms with Crippen molar-refractivity contribution in [1.82, 2.24) is 14.4 Å². The van der Waals surface area contributed by atoms with Crippen molar-refractivity contribution in [2.45, 2.75) is 6.29 Å². The molecule has 0 spiro atoms. The number of ether oxygens (including phenoxy) is 2. The summed E-state index contributed by atoms with van der Waals surface area (Å²) in [7, 11) is 0. The van der Waals surface area contributed by atoms with Crippen molar-refractivity contribution >= 4 is 17.2 Å². The second kappa shape index (κ2) is 4.63. The van der Waals surface area contributed by atoms with E-state index >= 15 is 0 Å². The molecular weight excluding hydrogens is 310 g/mol. The maximum absolute atomic E-state index is 13.0. The number of nitrogens with zero attached hydrogens (tertiary/aromatic N) is 3. The van der Waals surface area contributed by atoms with Crippen molar-refractivity contribution in [2.75, 3.05) is 5.32 Å². The normalized spacial score (nSPS) is 14.9. The van der Waals surface area contributed by atoms with E-state index in [1.54, 1.807) is 16.8 Å². The van der Waals surface area contributed by atoms with Gasteiger partial charge in [-0.1, -0.05) is 0 Å². The molecule has 0 radical (unpaired) electrons. The highest BCUT2D eigenvalue weighted by atomic mass is 19.3. The Bertz CT molecular complexity index is 925. The third-order valence-corrected chi connectivity index (χ3v) is 3.19. The second-order valence-electron chi connectivity index (χ2n) is 4.72. The quantitative estimate of drug-likeness (QED) is 0.784. The molecule has 1 amide bonds. The van der Waals surface area contributed by atoms with Crippen LogP contribution in [0.3, 0.4) is 0 Å². The Morgan fingerprint density at radius 3 is 2.70 bits per heavy atom. The van der Waals surface area contributed by atoms with Crippen LogP contribution in [0.2, 0.25) is 0 Å². The summed E-state index contributed by atoms with van der Waals surface area (Å²) in [4.78, 5) is 20.4. The lowest BCUT2D eigenvalue weighted by atomic mass is 10.2. The lowest BCUT2D eigenvalue weighted by Gasteiger charge is -2.06. The zero-order valence-corrected chi connectivity index (χ0v) is 11.4. The fourth-order valence-corrected chi connectivity index (χ4v) is 2.23. The zero-order valence-electron chi connectivity index (χ0n) is 11.4. The Kier molecular flexibility index (Phi) is 2.71. The number of anilines is 1. The van der Waals surface area contributed by atoms with E-state index < -0.39 is 12.2 Å². The Balaban J connectivity index is 1.62. The predicted molar refractivity (Wildman–Crippen MR) is 73.6 cm³/mol. The van der Waals surface area contributed by atoms with E-state index in [4.69, 9.17) is 0 Å². The van der Waals surface area contributed by atoms with Crippen LogP contribution in [0.15, 0.2) is 43.0 Å². The Morgan fingerprint density at radius 2 is 1.87 bits per heavy atom. The summed E-state index contributed by atoms with van der Waals surface area (Å²) in [5.41, 5.74) is 0.767. The average Bonchev–Trinajstić information content (AvgIpc) is 3.08. The molecule has 23 heavy (non-hydrogen) atoms. The minimum atomic E-state index is -3.70. The van der Waals surface area contributed by atoms with Crippen LogP contribution in [0.4, 0.5) is 14.5 Å². The highest BCUT2D eigenvalue weighted by molar-refractivity contribution is 6.06. The number of carbonyl (C=O) groups excluding carboxylic acids is 1. The van der Waals surface area contributed by atoms with Crippen LogP contribution in [0.25, 0.3) is 5.65 Å². The van der Waals surface area contributed by atoms with Crippen molar-refractivity contribution in [3.8, 4) is 11.5 Å². The highest BCUT2D eigenvalue weighted by Gasteiger charge is 2.43. The fraction of sp³-hybridized carbons (Fsp3) is 0.0714. The molecule has 1 N–H and O–H groups in total. The topological polar surface area (TPSA) is 77.8 Å². The van der Waals surface area contributed by atoms with Crippen LogP contribution in [0.5, 0.6) is 11.5 Å². The van der Waals surface area contributed by atoms with Crippen molar-refractivity contribution < 1.29 is 23.0 Å². The summed E-state index contributed by atoms with van der Waals surface area (Å²) in [5.74, 6) is -0.770. The van der Waals surface area contributed by atoms with Gasteiger partial charge in [0, 0.05) is 36.5 Å². The summed E-state index contributed by atoms with van der Waals surface area (Å²) in [6.45, 7) is 0. The van der Waals surface area contributed by atoms with Crippen LogP contribution >= 0.6 is 0 Å². The van der Waals surface area contributed by atoms with Gasteiger partial charge in [0.1, 0.15) is 0 Å². The summed E-state index contributed by atoms with van der Waals surface area (Å²) in [6.07, 6.45) is 2.63. The van der Waals surface area contributed by atoms with E-state index in [1.807, 2.05) is 0 Å². The largest absolute Gasteiger partial charge is 0.586 e. The Labute approximate surface area is 127 Å². The molecule has 0 unspecified atom stereocenters. The number of nitrogens with one attached hydrogen (secondary N) is 1. The van der Waals surface area contributed by atoms with Crippen molar-refractivity contribution in [3.63, 3.8) is 0 Å². The third-order valence-electron chi connectivity index (χ3n) is 3.19. The molecule has 4 rings (SSSR count). The molecule has 0 saturated heterocycles. The molecule has 7 nitrogen and oxygen atoms in total. The molecule has 2 aromatic heterocycles. The molecule has 0 atom stereocenters. The fourth-order valence-electron chi connectivity index (χ4n) is 2.23. The predicted octanol–water partition coefficient (Wildman–Crippen LogP) is 2.30. The highest BCUT2D eigenvalue weighted by Crippen LogP contribution is 2.42. The van der Waals surface area contributed by atoms with Crippen LogP contribution in [0, 0.1) is 0 Å². The maximum Gasteiger partial charge on any atom is 0.586 e. The first kappa shape index (κ1) is 13.4.